The van der Waals surface area contributed by atoms with E-state index in [0.29, 0.717) is 0 Å². The van der Waals surface area contributed by atoms with Crippen molar-refractivity contribution in [3.63, 3.8) is 0 Å². The Balaban J connectivity index is 0.00000441. The Hall–Kier alpha value is -0.300. The minimum Gasteiger partial charge on any atom is -0.356 e. The van der Waals surface area contributed by atoms with E-state index >= 15 is 0 Å². The number of nitrogens with one attached hydrogen (secondary N) is 1. The lowest BCUT2D eigenvalue weighted by Crippen LogP contribution is -2.40. The average Bonchev–Trinajstić information content (AvgIpc) is 3.00. The minimum absolute atomic E-state index is 0. The molecule has 0 amide bonds. The van der Waals surface area contributed by atoms with Crippen LogP contribution in [0.5, 0.6) is 0 Å². The van der Waals surface area contributed by atoms with Gasteiger partial charge < -0.3 is 15.1 Å². The van der Waals surface area contributed by atoms with E-state index in [1.807, 2.05) is 13.1 Å². The summed E-state index contributed by atoms with van der Waals surface area (Å²) in [7, 11) is 4.00. The fourth-order valence-corrected chi connectivity index (χ4v) is 2.81. The van der Waals surface area contributed by atoms with Gasteiger partial charge in [-0.25, -0.2) is 0 Å². The van der Waals surface area contributed by atoms with Crippen molar-refractivity contribution in [2.45, 2.75) is 44.9 Å². The first-order valence-electron chi connectivity index (χ1n) is 8.53. The molecule has 5 heteroatoms. The molecular weight excluding hydrogens is 387 g/mol. The fourth-order valence-electron chi connectivity index (χ4n) is 2.81. The standard InChI is InChI=1S/C17H34N4.HI/c1-4-5-6-7-8-13-20(3)17(18-2)19-12-11-16-21-14-9-10-15-21;/h4H,1,5-16H2,2-3H3,(H,18,19);1H. The van der Waals surface area contributed by atoms with Gasteiger partial charge in [0.05, 0.1) is 0 Å². The van der Waals surface area contributed by atoms with Crippen molar-refractivity contribution in [1.29, 1.82) is 0 Å². The number of hydrogen-bond donors (Lipinski definition) is 1. The number of halogens is 1. The molecule has 1 aliphatic heterocycles. The monoisotopic (exact) mass is 422 g/mol. The molecule has 4 nitrogen and oxygen atoms in total. The molecule has 22 heavy (non-hydrogen) atoms. The van der Waals surface area contributed by atoms with Gasteiger partial charge in [-0.15, -0.1) is 30.6 Å². The second-order valence-corrected chi connectivity index (χ2v) is 5.94. The zero-order valence-corrected chi connectivity index (χ0v) is 16.8. The maximum atomic E-state index is 4.37. The summed E-state index contributed by atoms with van der Waals surface area (Å²) < 4.78 is 0. The molecule has 0 aromatic heterocycles. The molecule has 1 saturated heterocycles. The normalized spacial score (nSPS) is 15.5. The molecule has 0 radical (unpaired) electrons. The van der Waals surface area contributed by atoms with Crippen molar-refractivity contribution in [3.05, 3.63) is 12.7 Å². The molecule has 0 aromatic rings. The molecule has 0 aliphatic carbocycles. The molecule has 0 saturated carbocycles. The summed E-state index contributed by atoms with van der Waals surface area (Å²) in [6.45, 7) is 9.65. The SMILES string of the molecule is C=CCCCCCN(C)C(=NC)NCCCN1CCCC1.I. The zero-order chi connectivity index (χ0) is 15.3. The maximum absolute atomic E-state index is 4.37. The maximum Gasteiger partial charge on any atom is 0.193 e. The highest BCUT2D eigenvalue weighted by Crippen LogP contribution is 2.07. The van der Waals surface area contributed by atoms with Gasteiger partial charge >= 0.3 is 0 Å². The summed E-state index contributed by atoms with van der Waals surface area (Å²) >= 11 is 0. The van der Waals surface area contributed by atoms with Crippen molar-refractivity contribution in [2.24, 2.45) is 4.99 Å². The van der Waals surface area contributed by atoms with E-state index in [2.05, 4.69) is 33.7 Å². The van der Waals surface area contributed by atoms with Gasteiger partial charge in [0.15, 0.2) is 5.96 Å². The van der Waals surface area contributed by atoms with E-state index in [4.69, 9.17) is 0 Å². The summed E-state index contributed by atoms with van der Waals surface area (Å²) in [5.41, 5.74) is 0. The average molecular weight is 422 g/mol. The molecule has 0 aromatic carbocycles. The lowest BCUT2D eigenvalue weighted by Gasteiger charge is -2.22. The Bertz CT molecular complexity index is 301. The van der Waals surface area contributed by atoms with Crippen LogP contribution >= 0.6 is 24.0 Å². The van der Waals surface area contributed by atoms with Crippen molar-refractivity contribution in [2.75, 3.05) is 46.8 Å². The molecule has 0 bridgehead atoms. The van der Waals surface area contributed by atoms with Crippen LogP contribution in [-0.2, 0) is 0 Å². The predicted octanol–water partition coefficient (Wildman–Crippen LogP) is 3.34. The third kappa shape index (κ3) is 9.66. The van der Waals surface area contributed by atoms with Gasteiger partial charge in [0.2, 0.25) is 0 Å². The lowest BCUT2D eigenvalue weighted by molar-refractivity contribution is 0.333. The Kier molecular flexibility index (Phi) is 14.1. The van der Waals surface area contributed by atoms with Crippen molar-refractivity contribution in [3.8, 4) is 0 Å². The third-order valence-electron chi connectivity index (χ3n) is 4.11. The molecule has 0 atom stereocenters. The van der Waals surface area contributed by atoms with Crippen molar-refractivity contribution >= 4 is 29.9 Å². The third-order valence-corrected chi connectivity index (χ3v) is 4.11. The molecular formula is C17H35IN4. The number of hydrogen-bond acceptors (Lipinski definition) is 2. The fraction of sp³-hybridized carbons (Fsp3) is 0.824. The molecule has 1 rings (SSSR count). The summed E-state index contributed by atoms with van der Waals surface area (Å²) in [4.78, 5) is 9.18. The van der Waals surface area contributed by atoms with Gasteiger partial charge in [-0.2, -0.15) is 0 Å². The number of guanidine groups is 1. The van der Waals surface area contributed by atoms with Gasteiger partial charge in [-0.3, -0.25) is 4.99 Å². The first kappa shape index (κ1) is 21.7. The molecule has 1 fully saturated rings. The van der Waals surface area contributed by atoms with Crippen LogP contribution < -0.4 is 5.32 Å². The van der Waals surface area contributed by atoms with E-state index in [9.17, 15) is 0 Å². The Morgan fingerprint density at radius 2 is 1.95 bits per heavy atom. The highest BCUT2D eigenvalue weighted by atomic mass is 127. The minimum atomic E-state index is 0. The number of allylic oxidation sites excluding steroid dienone is 1. The van der Waals surface area contributed by atoms with Crippen LogP contribution in [0.1, 0.15) is 44.9 Å². The second kappa shape index (κ2) is 14.3. The largest absolute Gasteiger partial charge is 0.356 e. The van der Waals surface area contributed by atoms with Crippen LogP contribution in [0, 0.1) is 0 Å². The molecule has 0 unspecified atom stereocenters. The first-order chi connectivity index (χ1) is 10.3. The molecule has 1 aliphatic rings. The van der Waals surface area contributed by atoms with Gasteiger partial charge in [-0.1, -0.05) is 12.5 Å². The van der Waals surface area contributed by atoms with Gasteiger partial charge in [-0.05, 0) is 58.2 Å². The first-order valence-corrected chi connectivity index (χ1v) is 8.53. The quantitative estimate of drug-likeness (QED) is 0.193. The topological polar surface area (TPSA) is 30.9 Å². The summed E-state index contributed by atoms with van der Waals surface area (Å²) in [6, 6.07) is 0. The van der Waals surface area contributed by atoms with E-state index in [0.717, 1.165) is 25.5 Å². The zero-order valence-electron chi connectivity index (χ0n) is 14.5. The number of likely N-dealkylation sites (tertiary alicyclic amines) is 1. The smallest absolute Gasteiger partial charge is 0.193 e. The molecule has 0 spiro atoms. The molecule has 1 N–H and O–H groups in total. The van der Waals surface area contributed by atoms with Gasteiger partial charge in [0.1, 0.15) is 0 Å². The summed E-state index contributed by atoms with van der Waals surface area (Å²) in [5.74, 6) is 1.03. The lowest BCUT2D eigenvalue weighted by atomic mass is 10.2. The second-order valence-electron chi connectivity index (χ2n) is 5.94. The van der Waals surface area contributed by atoms with Crippen LogP contribution in [0.2, 0.25) is 0 Å². The number of unbranched alkanes of at least 4 members (excludes halogenated alkanes) is 3. The van der Waals surface area contributed by atoms with E-state index in [1.54, 1.807) is 0 Å². The van der Waals surface area contributed by atoms with Crippen molar-refractivity contribution in [1.82, 2.24) is 15.1 Å². The summed E-state index contributed by atoms with van der Waals surface area (Å²) in [6.07, 6.45) is 10.8. The Labute approximate surface area is 154 Å². The van der Waals surface area contributed by atoms with Crippen LogP contribution in [0.4, 0.5) is 0 Å². The predicted molar refractivity (Wildman–Crippen MR) is 108 cm³/mol. The van der Waals surface area contributed by atoms with Gasteiger partial charge in [0, 0.05) is 27.2 Å². The molecule has 1 heterocycles. The van der Waals surface area contributed by atoms with Crippen LogP contribution in [0.15, 0.2) is 17.6 Å². The highest BCUT2D eigenvalue weighted by molar-refractivity contribution is 14.0. The Morgan fingerprint density at radius 3 is 2.59 bits per heavy atom. The number of nitrogens with zero attached hydrogens (tertiary/aromatic N) is 3. The number of aliphatic imine (C=N–C) groups is 1. The van der Waals surface area contributed by atoms with E-state index in [1.165, 1.54) is 58.2 Å². The van der Waals surface area contributed by atoms with Crippen LogP contribution in [0.3, 0.4) is 0 Å². The molecule has 130 valence electrons. The van der Waals surface area contributed by atoms with Crippen LogP contribution in [0.25, 0.3) is 0 Å². The van der Waals surface area contributed by atoms with E-state index < -0.39 is 0 Å². The Morgan fingerprint density at radius 1 is 1.23 bits per heavy atom. The van der Waals surface area contributed by atoms with Crippen molar-refractivity contribution < 1.29 is 0 Å². The number of rotatable bonds is 10. The van der Waals surface area contributed by atoms with Crippen LogP contribution in [-0.4, -0.2) is 62.6 Å². The van der Waals surface area contributed by atoms with Gasteiger partial charge in [0.25, 0.3) is 0 Å². The van der Waals surface area contributed by atoms with E-state index in [-0.39, 0.29) is 24.0 Å². The summed E-state index contributed by atoms with van der Waals surface area (Å²) in [5, 5.41) is 3.48. The highest BCUT2D eigenvalue weighted by Gasteiger charge is 2.10.